The van der Waals surface area contributed by atoms with E-state index in [2.05, 4.69) is 21.1 Å². The van der Waals surface area contributed by atoms with Crippen molar-refractivity contribution in [3.8, 4) is 0 Å². The molecule has 0 aliphatic rings. The van der Waals surface area contributed by atoms with E-state index in [-0.39, 0.29) is 0 Å². The molecule has 70 valence electrons. The number of nitrogens with zero attached hydrogens (tertiary/aromatic N) is 2. The predicted octanol–water partition coefficient (Wildman–Crippen LogP) is -0.867. The van der Waals surface area contributed by atoms with E-state index in [1.165, 1.54) is 7.11 Å². The van der Waals surface area contributed by atoms with Crippen LogP contribution in [0.1, 0.15) is 6.92 Å². The summed E-state index contributed by atoms with van der Waals surface area (Å²) in [5.74, 6) is 8.68. The Hall–Kier alpha value is -1.21. The van der Waals surface area contributed by atoms with E-state index < -0.39 is 18.1 Å². The Morgan fingerprint density at radius 3 is 2.50 bits per heavy atom. The molecule has 0 amide bonds. The van der Waals surface area contributed by atoms with Gasteiger partial charge in [-0.2, -0.15) is 11.0 Å². The first-order valence-corrected chi connectivity index (χ1v) is 3.20. The number of ether oxygens (including phenoxy) is 1. The maximum Gasteiger partial charge on any atom is 0.354 e. The summed E-state index contributed by atoms with van der Waals surface area (Å²) in [6.07, 6.45) is -0.478. The zero-order chi connectivity index (χ0) is 9.56. The van der Waals surface area contributed by atoms with E-state index in [0.717, 1.165) is 0 Å². The minimum atomic E-state index is -0.912. The highest BCUT2D eigenvalue weighted by atomic mass is 16.7. The van der Waals surface area contributed by atoms with Crippen molar-refractivity contribution < 1.29 is 14.4 Å². The van der Waals surface area contributed by atoms with Crippen molar-refractivity contribution in [3.05, 3.63) is 0 Å². The van der Waals surface area contributed by atoms with Crippen LogP contribution in [0.15, 0.2) is 10.3 Å². The summed E-state index contributed by atoms with van der Waals surface area (Å²) in [6, 6.07) is -0.912. The third-order valence-corrected chi connectivity index (χ3v) is 1.37. The normalized spacial score (nSPS) is 15.9. The van der Waals surface area contributed by atoms with E-state index >= 15 is 0 Å². The number of hydrogen-bond acceptors (Lipinski definition) is 6. The summed E-state index contributed by atoms with van der Waals surface area (Å²) in [4.78, 5) is 14.8. The Labute approximate surface area is 69.6 Å². The Morgan fingerprint density at radius 2 is 2.17 bits per heavy atom. The molecule has 0 spiro atoms. The van der Waals surface area contributed by atoms with Gasteiger partial charge in [-0.25, -0.2) is 4.79 Å². The molecule has 0 radical (unpaired) electrons. The maximum absolute atomic E-state index is 10.9. The Kier molecular flexibility index (Phi) is 4.89. The maximum atomic E-state index is 10.9. The minimum absolute atomic E-state index is 0.478. The molecule has 0 aliphatic heterocycles. The molecule has 0 fully saturated rings. The van der Waals surface area contributed by atoms with Gasteiger partial charge in [-0.3, -0.25) is 0 Å². The van der Waals surface area contributed by atoms with Gasteiger partial charge < -0.3 is 15.4 Å². The van der Waals surface area contributed by atoms with Crippen LogP contribution in [0, 0.1) is 0 Å². The fourth-order valence-electron chi connectivity index (χ4n) is 0.603. The third kappa shape index (κ3) is 2.81. The lowest BCUT2D eigenvalue weighted by Gasteiger charge is -2.13. The summed E-state index contributed by atoms with van der Waals surface area (Å²) >= 11 is 0. The molecule has 2 atom stereocenters. The van der Waals surface area contributed by atoms with Crippen molar-refractivity contribution in [3.63, 3.8) is 0 Å². The zero-order valence-electron chi connectivity index (χ0n) is 6.93. The minimum Gasteiger partial charge on any atom is -0.379 e. The quantitative estimate of drug-likeness (QED) is 0.328. The molecule has 7 heteroatoms. The molecule has 0 bridgehead atoms. The molecule has 7 nitrogen and oxygen atoms in total. The average molecular weight is 176 g/mol. The number of rotatable bonds is 4. The molecule has 0 aromatic heterocycles. The second-order valence-corrected chi connectivity index (χ2v) is 2.05. The fourth-order valence-corrected chi connectivity index (χ4v) is 0.603. The van der Waals surface area contributed by atoms with Crippen LogP contribution in [-0.2, 0) is 14.4 Å². The van der Waals surface area contributed by atoms with Crippen LogP contribution in [0.3, 0.4) is 0 Å². The average Bonchev–Trinajstić information content (AvgIpc) is 2.11. The van der Waals surface area contributed by atoms with Gasteiger partial charge in [0.2, 0.25) is 0 Å². The first kappa shape index (κ1) is 10.8. The van der Waals surface area contributed by atoms with Crippen molar-refractivity contribution in [2.24, 2.45) is 22.1 Å². The molecule has 0 rings (SSSR count). The first-order valence-electron chi connectivity index (χ1n) is 3.20. The molecule has 0 aromatic carbocycles. The van der Waals surface area contributed by atoms with Gasteiger partial charge in [0.1, 0.15) is 0 Å². The highest BCUT2D eigenvalue weighted by molar-refractivity contribution is 5.76. The van der Waals surface area contributed by atoms with Crippen molar-refractivity contribution in [1.82, 2.24) is 0 Å². The summed E-state index contributed by atoms with van der Waals surface area (Å²) in [7, 11) is 1.42. The molecule has 0 aromatic rings. The van der Waals surface area contributed by atoms with Crippen LogP contribution in [0.5, 0.6) is 0 Å². The molecule has 0 saturated heterocycles. The predicted molar refractivity (Wildman–Crippen MR) is 39.6 cm³/mol. The van der Waals surface area contributed by atoms with Crippen LogP contribution in [0.2, 0.25) is 0 Å². The van der Waals surface area contributed by atoms with E-state index in [4.69, 9.17) is 10.6 Å². The van der Waals surface area contributed by atoms with E-state index in [9.17, 15) is 4.79 Å². The molecule has 0 saturated carbocycles. The van der Waals surface area contributed by atoms with E-state index in [0.29, 0.717) is 0 Å². The second-order valence-electron chi connectivity index (χ2n) is 2.05. The monoisotopic (exact) mass is 176 g/mol. The molecular weight excluding hydrogens is 164 g/mol. The van der Waals surface area contributed by atoms with Gasteiger partial charge in [0.25, 0.3) is 0 Å². The zero-order valence-corrected chi connectivity index (χ0v) is 6.93. The lowest BCUT2D eigenvalue weighted by atomic mass is 10.2. The Morgan fingerprint density at radius 1 is 1.58 bits per heavy atom. The van der Waals surface area contributed by atoms with Gasteiger partial charge in [-0.15, -0.1) is 0 Å². The van der Waals surface area contributed by atoms with Crippen LogP contribution in [0.4, 0.5) is 0 Å². The third-order valence-electron chi connectivity index (χ3n) is 1.37. The standard InChI is InChI=1S/C5H12N4O3/c1-3(11-2)4(8-9-6)5(10)12-7/h3-4H,7H2,1-2H3,(H2,6,8)/t3-,4+/m1/s1. The number of methoxy groups -OCH3 is 1. The van der Waals surface area contributed by atoms with Gasteiger partial charge in [0.15, 0.2) is 6.04 Å². The van der Waals surface area contributed by atoms with E-state index in [1.807, 2.05) is 0 Å². The van der Waals surface area contributed by atoms with E-state index in [1.54, 1.807) is 6.92 Å². The number of nitrogens with two attached hydrogens (primary N) is 2. The lowest BCUT2D eigenvalue weighted by Crippen LogP contribution is -2.34. The SMILES string of the molecule is CO[C@H](C)[C@H](N=NN)C(=O)ON. The molecule has 12 heavy (non-hydrogen) atoms. The topological polar surface area (TPSA) is 112 Å². The van der Waals surface area contributed by atoms with Gasteiger partial charge >= 0.3 is 5.97 Å². The number of carbonyl (C=O) groups is 1. The highest BCUT2D eigenvalue weighted by Crippen LogP contribution is 2.03. The van der Waals surface area contributed by atoms with Crippen LogP contribution < -0.4 is 11.7 Å². The van der Waals surface area contributed by atoms with Gasteiger partial charge in [0.05, 0.1) is 6.10 Å². The van der Waals surface area contributed by atoms with Crippen molar-refractivity contribution in [2.45, 2.75) is 19.1 Å². The number of carbonyl (C=O) groups excluding carboxylic acids is 1. The largest absolute Gasteiger partial charge is 0.379 e. The van der Waals surface area contributed by atoms with Gasteiger partial charge in [-0.05, 0) is 6.92 Å². The summed E-state index contributed by atoms with van der Waals surface area (Å²) in [5, 5.41) is 6.35. The first-order chi connectivity index (χ1) is 5.67. The van der Waals surface area contributed by atoms with Gasteiger partial charge in [-0.1, -0.05) is 5.22 Å². The molecule has 4 N–H and O–H groups in total. The smallest absolute Gasteiger partial charge is 0.354 e. The van der Waals surface area contributed by atoms with Gasteiger partial charge in [0, 0.05) is 7.11 Å². The summed E-state index contributed by atoms with van der Waals surface area (Å²) in [6.45, 7) is 1.62. The van der Waals surface area contributed by atoms with Crippen molar-refractivity contribution in [2.75, 3.05) is 7.11 Å². The van der Waals surface area contributed by atoms with Crippen molar-refractivity contribution >= 4 is 5.97 Å². The summed E-state index contributed by atoms with van der Waals surface area (Å²) in [5.41, 5.74) is 0. The molecule has 0 aliphatic carbocycles. The molecule has 0 heterocycles. The lowest BCUT2D eigenvalue weighted by molar-refractivity contribution is -0.148. The second kappa shape index (κ2) is 5.44. The fraction of sp³-hybridized carbons (Fsp3) is 0.800. The van der Waals surface area contributed by atoms with Crippen LogP contribution in [0.25, 0.3) is 0 Å². The number of hydrogen-bond donors (Lipinski definition) is 2. The Balaban J connectivity index is 4.31. The molecule has 0 unspecified atom stereocenters. The molecular formula is C5H12N4O3. The van der Waals surface area contributed by atoms with Crippen LogP contribution in [-0.4, -0.2) is 25.2 Å². The van der Waals surface area contributed by atoms with Crippen molar-refractivity contribution in [1.29, 1.82) is 0 Å². The highest BCUT2D eigenvalue weighted by Gasteiger charge is 2.26. The Bertz CT molecular complexity index is 172. The van der Waals surface area contributed by atoms with Crippen LogP contribution >= 0.6 is 0 Å². The summed E-state index contributed by atoms with van der Waals surface area (Å²) < 4.78 is 4.82.